The van der Waals surface area contributed by atoms with Crippen molar-refractivity contribution in [2.75, 3.05) is 17.7 Å². The number of nitrogens with one attached hydrogen (secondary N) is 2. The number of carbonyl (C=O) groups is 2. The third-order valence-corrected chi connectivity index (χ3v) is 5.92. The molecule has 3 aromatic rings. The molecular formula is C23H22N6O3. The number of aromatic nitrogens is 4. The number of benzene rings is 2. The number of fused-ring (bicyclic) bond motifs is 1. The van der Waals surface area contributed by atoms with Gasteiger partial charge in [-0.25, -0.2) is 0 Å². The molecule has 1 aliphatic carbocycles. The van der Waals surface area contributed by atoms with Crippen molar-refractivity contribution >= 4 is 23.3 Å². The van der Waals surface area contributed by atoms with Crippen LogP contribution in [0.4, 0.5) is 11.6 Å². The van der Waals surface area contributed by atoms with Crippen LogP contribution in [0.3, 0.4) is 0 Å². The number of ether oxygens (including phenoxy) is 1. The number of ketones is 1. The lowest BCUT2D eigenvalue weighted by Crippen LogP contribution is -2.33. The van der Waals surface area contributed by atoms with Crippen LogP contribution < -0.4 is 15.4 Å². The average molecular weight is 430 g/mol. The zero-order valence-corrected chi connectivity index (χ0v) is 17.7. The van der Waals surface area contributed by atoms with Crippen LogP contribution in [0.1, 0.15) is 42.9 Å². The Morgan fingerprint density at radius 1 is 1.09 bits per heavy atom. The highest BCUT2D eigenvalue weighted by atomic mass is 16.5. The molecule has 2 N–H and O–H groups in total. The third kappa shape index (κ3) is 3.51. The van der Waals surface area contributed by atoms with Gasteiger partial charge in [0.15, 0.2) is 5.78 Å². The fraction of sp³-hybridized carbons (Fsp3) is 0.261. The van der Waals surface area contributed by atoms with Crippen LogP contribution >= 0.6 is 0 Å². The number of nitrogens with zero attached hydrogens (tertiary/aromatic N) is 4. The first-order valence-electron chi connectivity index (χ1n) is 10.4. The lowest BCUT2D eigenvalue weighted by Gasteiger charge is -2.34. The maximum atomic E-state index is 13.4. The Hall–Kier alpha value is -4.01. The zero-order valence-electron chi connectivity index (χ0n) is 17.7. The van der Waals surface area contributed by atoms with Crippen molar-refractivity contribution in [3.8, 4) is 5.75 Å². The normalized spacial score (nSPS) is 19.6. The fourth-order valence-electron chi connectivity index (χ4n) is 4.45. The number of anilines is 2. The SMILES string of the molecule is COc1ccc([C@H]2CC(=O)C3=C(C2)Nc2nnnn2[C@@H]3c2ccc(NC(C)=O)cc2)cc1. The molecule has 9 nitrogen and oxygen atoms in total. The van der Waals surface area contributed by atoms with E-state index in [0.29, 0.717) is 30.1 Å². The molecule has 1 amide bonds. The molecule has 5 rings (SSSR count). The molecule has 0 bridgehead atoms. The molecule has 2 aromatic carbocycles. The minimum Gasteiger partial charge on any atom is -0.497 e. The van der Waals surface area contributed by atoms with Gasteiger partial charge in [-0.15, -0.1) is 0 Å². The number of tetrazole rings is 1. The van der Waals surface area contributed by atoms with E-state index >= 15 is 0 Å². The minimum absolute atomic E-state index is 0.0601. The van der Waals surface area contributed by atoms with E-state index in [-0.39, 0.29) is 17.6 Å². The number of methoxy groups -OCH3 is 1. The largest absolute Gasteiger partial charge is 0.497 e. The van der Waals surface area contributed by atoms with Gasteiger partial charge in [-0.3, -0.25) is 9.59 Å². The van der Waals surface area contributed by atoms with Crippen molar-refractivity contribution in [3.63, 3.8) is 0 Å². The topological polar surface area (TPSA) is 111 Å². The molecule has 2 atom stereocenters. The first kappa shape index (κ1) is 19.9. The Morgan fingerprint density at radius 3 is 2.50 bits per heavy atom. The summed E-state index contributed by atoms with van der Waals surface area (Å²) in [5.74, 6) is 1.28. The van der Waals surface area contributed by atoms with Crippen molar-refractivity contribution < 1.29 is 14.3 Å². The second-order valence-corrected chi connectivity index (χ2v) is 7.97. The number of rotatable bonds is 4. The monoisotopic (exact) mass is 430 g/mol. The summed E-state index contributed by atoms with van der Waals surface area (Å²) in [6.07, 6.45) is 1.09. The Labute approximate surface area is 184 Å². The van der Waals surface area contributed by atoms with Gasteiger partial charge in [-0.1, -0.05) is 29.4 Å². The van der Waals surface area contributed by atoms with Crippen LogP contribution in [0.25, 0.3) is 0 Å². The minimum atomic E-state index is -0.424. The molecule has 1 aliphatic heterocycles. The number of amides is 1. The highest BCUT2D eigenvalue weighted by molar-refractivity contribution is 6.00. The molecule has 0 unspecified atom stereocenters. The summed E-state index contributed by atoms with van der Waals surface area (Å²) in [7, 11) is 1.63. The van der Waals surface area contributed by atoms with Crippen LogP contribution in [0.15, 0.2) is 59.8 Å². The molecule has 2 heterocycles. The third-order valence-electron chi connectivity index (χ3n) is 5.92. The van der Waals surface area contributed by atoms with Crippen LogP contribution in [0.2, 0.25) is 0 Å². The highest BCUT2D eigenvalue weighted by Crippen LogP contribution is 2.43. The number of allylic oxidation sites excluding steroid dienone is 2. The molecule has 1 aromatic heterocycles. The van der Waals surface area contributed by atoms with Crippen LogP contribution in [0.5, 0.6) is 5.75 Å². The van der Waals surface area contributed by atoms with E-state index in [1.807, 2.05) is 48.5 Å². The Balaban J connectivity index is 1.51. The lowest BCUT2D eigenvalue weighted by atomic mass is 9.78. The van der Waals surface area contributed by atoms with Crippen LogP contribution in [-0.4, -0.2) is 39.0 Å². The van der Waals surface area contributed by atoms with Gasteiger partial charge in [-0.2, -0.15) is 4.68 Å². The molecule has 0 radical (unpaired) electrons. The first-order chi connectivity index (χ1) is 15.5. The number of hydrogen-bond acceptors (Lipinski definition) is 7. The quantitative estimate of drug-likeness (QED) is 0.654. The van der Waals surface area contributed by atoms with Crippen molar-refractivity contribution in [2.24, 2.45) is 0 Å². The fourth-order valence-corrected chi connectivity index (χ4v) is 4.45. The van der Waals surface area contributed by atoms with E-state index in [0.717, 1.165) is 22.6 Å². The van der Waals surface area contributed by atoms with Gasteiger partial charge >= 0.3 is 0 Å². The Kier molecular flexibility index (Phi) is 4.93. The summed E-state index contributed by atoms with van der Waals surface area (Å²) in [5.41, 5.74) is 4.18. The molecule has 32 heavy (non-hydrogen) atoms. The van der Waals surface area contributed by atoms with Gasteiger partial charge in [0.2, 0.25) is 11.9 Å². The van der Waals surface area contributed by atoms with Gasteiger partial charge in [0, 0.05) is 30.3 Å². The number of carbonyl (C=O) groups excluding carboxylic acids is 2. The second-order valence-electron chi connectivity index (χ2n) is 7.97. The van der Waals surface area contributed by atoms with E-state index in [1.165, 1.54) is 6.92 Å². The molecular weight excluding hydrogens is 408 g/mol. The first-order valence-corrected chi connectivity index (χ1v) is 10.4. The molecule has 0 saturated heterocycles. The Morgan fingerprint density at radius 2 is 1.81 bits per heavy atom. The van der Waals surface area contributed by atoms with Gasteiger partial charge in [0.25, 0.3) is 0 Å². The molecule has 0 fully saturated rings. The van der Waals surface area contributed by atoms with E-state index in [2.05, 4.69) is 26.2 Å². The van der Waals surface area contributed by atoms with Crippen LogP contribution in [-0.2, 0) is 9.59 Å². The van der Waals surface area contributed by atoms with Crippen molar-refractivity contribution in [2.45, 2.75) is 31.7 Å². The summed E-state index contributed by atoms with van der Waals surface area (Å²) in [5, 5.41) is 18.1. The van der Waals surface area contributed by atoms with E-state index < -0.39 is 6.04 Å². The van der Waals surface area contributed by atoms with Crippen molar-refractivity contribution in [1.82, 2.24) is 20.2 Å². The van der Waals surface area contributed by atoms with Crippen LogP contribution in [0, 0.1) is 0 Å². The molecule has 162 valence electrons. The Bertz CT molecular complexity index is 1210. The van der Waals surface area contributed by atoms with Gasteiger partial charge < -0.3 is 15.4 Å². The predicted octanol–water partition coefficient (Wildman–Crippen LogP) is 3.06. The maximum Gasteiger partial charge on any atom is 0.248 e. The maximum absolute atomic E-state index is 13.4. The van der Waals surface area contributed by atoms with E-state index in [1.54, 1.807) is 11.8 Å². The van der Waals surface area contributed by atoms with Crippen molar-refractivity contribution in [1.29, 1.82) is 0 Å². The van der Waals surface area contributed by atoms with Gasteiger partial charge in [0.05, 0.1) is 7.11 Å². The average Bonchev–Trinajstić information content (AvgIpc) is 3.26. The lowest BCUT2D eigenvalue weighted by molar-refractivity contribution is -0.117. The zero-order chi connectivity index (χ0) is 22.2. The molecule has 0 spiro atoms. The van der Waals surface area contributed by atoms with E-state index in [4.69, 9.17) is 4.74 Å². The number of hydrogen-bond donors (Lipinski definition) is 2. The second kappa shape index (κ2) is 7.92. The van der Waals surface area contributed by atoms with Crippen molar-refractivity contribution in [3.05, 3.63) is 70.9 Å². The van der Waals surface area contributed by atoms with Gasteiger partial charge in [0.1, 0.15) is 11.8 Å². The summed E-state index contributed by atoms with van der Waals surface area (Å²) in [6.45, 7) is 1.46. The molecule has 2 aliphatic rings. The summed E-state index contributed by atoms with van der Waals surface area (Å²) >= 11 is 0. The molecule has 9 heteroatoms. The van der Waals surface area contributed by atoms with Gasteiger partial charge in [-0.05, 0) is 58.2 Å². The smallest absolute Gasteiger partial charge is 0.248 e. The van der Waals surface area contributed by atoms with E-state index in [9.17, 15) is 9.59 Å². The number of Topliss-reactive ketones (excluding diaryl/α,β-unsaturated/α-hetero) is 1. The summed E-state index contributed by atoms with van der Waals surface area (Å²) < 4.78 is 6.89. The standard InChI is InChI=1S/C23H22N6O3/c1-13(30)24-17-7-3-15(4-8-17)22-21-19(25-23-26-27-28-29(22)23)11-16(12-20(21)31)14-5-9-18(32-2)10-6-14/h3-10,16,22H,11-12H2,1-2H3,(H,24,30)(H,25,26,28)/t16-,22-/m1/s1. The summed E-state index contributed by atoms with van der Waals surface area (Å²) in [6, 6.07) is 14.8. The molecule has 0 saturated carbocycles. The predicted molar refractivity (Wildman–Crippen MR) is 117 cm³/mol. The summed E-state index contributed by atoms with van der Waals surface area (Å²) in [4.78, 5) is 24.7. The highest BCUT2D eigenvalue weighted by Gasteiger charge is 2.39.